The summed E-state index contributed by atoms with van der Waals surface area (Å²) in [7, 11) is 0. The lowest BCUT2D eigenvalue weighted by atomic mass is 10.0. The smallest absolute Gasteiger partial charge is 0.126 e. The van der Waals surface area contributed by atoms with Crippen LogP contribution in [0.3, 0.4) is 0 Å². The van der Waals surface area contributed by atoms with Crippen LogP contribution in [0.15, 0.2) is 12.4 Å². The van der Waals surface area contributed by atoms with Crippen molar-refractivity contribution in [3.05, 3.63) is 23.8 Å². The maximum atomic E-state index is 9.74. The highest BCUT2D eigenvalue weighted by atomic mass is 16.4. The standard InChI is InChI=1S/C12H20N2O7/c1-5(16)9(18)10(19)6-2-14-7(3-13-6)11(20)12(21)8(17)4-15/h2-3,5,8-12,15-21H,4H2,1H3. The third-order valence-corrected chi connectivity index (χ3v) is 3.02. The summed E-state index contributed by atoms with van der Waals surface area (Å²) < 4.78 is 0. The largest absolute Gasteiger partial charge is 0.394 e. The summed E-state index contributed by atoms with van der Waals surface area (Å²) in [5, 5.41) is 65.6. The van der Waals surface area contributed by atoms with Crippen LogP contribution in [0.25, 0.3) is 0 Å². The molecular weight excluding hydrogens is 284 g/mol. The molecule has 0 radical (unpaired) electrons. The van der Waals surface area contributed by atoms with Gasteiger partial charge >= 0.3 is 0 Å². The van der Waals surface area contributed by atoms with Gasteiger partial charge in [-0.15, -0.1) is 0 Å². The lowest BCUT2D eigenvalue weighted by Crippen LogP contribution is -2.35. The van der Waals surface area contributed by atoms with E-state index < -0.39 is 43.2 Å². The van der Waals surface area contributed by atoms with Crippen molar-refractivity contribution in [2.24, 2.45) is 0 Å². The summed E-state index contributed by atoms with van der Waals surface area (Å²) in [4.78, 5) is 7.53. The monoisotopic (exact) mass is 304 g/mol. The normalized spacial score (nSPS) is 20.4. The molecule has 1 rings (SSSR count). The van der Waals surface area contributed by atoms with E-state index in [0.29, 0.717) is 0 Å². The number of rotatable bonds is 7. The second kappa shape index (κ2) is 7.71. The molecule has 1 aromatic heterocycles. The molecule has 6 unspecified atom stereocenters. The van der Waals surface area contributed by atoms with E-state index in [4.69, 9.17) is 5.11 Å². The highest BCUT2D eigenvalue weighted by Gasteiger charge is 2.28. The Hall–Kier alpha value is -1.20. The first-order valence-electron chi connectivity index (χ1n) is 6.30. The van der Waals surface area contributed by atoms with Crippen molar-refractivity contribution < 1.29 is 35.7 Å². The summed E-state index contributed by atoms with van der Waals surface area (Å²) in [6.07, 6.45) is -6.74. The SMILES string of the molecule is CC(O)C(O)C(O)c1cnc(C(O)C(O)C(O)CO)cn1. The van der Waals surface area contributed by atoms with Crippen molar-refractivity contribution in [2.45, 2.75) is 43.5 Å². The summed E-state index contributed by atoms with van der Waals surface area (Å²) in [5.41, 5.74) is -0.117. The van der Waals surface area contributed by atoms with Gasteiger partial charge in [0.2, 0.25) is 0 Å². The first kappa shape index (κ1) is 17.9. The Morgan fingerprint density at radius 1 is 0.857 bits per heavy atom. The fourth-order valence-corrected chi connectivity index (χ4v) is 1.59. The Morgan fingerprint density at radius 3 is 1.62 bits per heavy atom. The van der Waals surface area contributed by atoms with Crippen molar-refractivity contribution in [3.63, 3.8) is 0 Å². The van der Waals surface area contributed by atoms with E-state index in [1.54, 1.807) is 0 Å². The third kappa shape index (κ3) is 4.38. The van der Waals surface area contributed by atoms with Crippen molar-refractivity contribution in [1.29, 1.82) is 0 Å². The zero-order valence-corrected chi connectivity index (χ0v) is 11.4. The Balaban J connectivity index is 2.82. The summed E-state index contributed by atoms with van der Waals surface area (Å²) >= 11 is 0. The molecule has 6 atom stereocenters. The Labute approximate surface area is 120 Å². The Bertz CT molecular complexity index is 428. The van der Waals surface area contributed by atoms with Crippen LogP contribution in [-0.4, -0.2) is 76.7 Å². The molecule has 0 aliphatic carbocycles. The van der Waals surface area contributed by atoms with Crippen LogP contribution in [0.2, 0.25) is 0 Å². The molecule has 1 aromatic rings. The average molecular weight is 304 g/mol. The molecule has 0 aliphatic rings. The van der Waals surface area contributed by atoms with Crippen molar-refractivity contribution in [1.82, 2.24) is 9.97 Å². The fourth-order valence-electron chi connectivity index (χ4n) is 1.59. The van der Waals surface area contributed by atoms with Gasteiger partial charge in [0.15, 0.2) is 0 Å². The van der Waals surface area contributed by atoms with Gasteiger partial charge in [0.25, 0.3) is 0 Å². The van der Waals surface area contributed by atoms with Crippen LogP contribution in [-0.2, 0) is 0 Å². The molecular formula is C12H20N2O7. The summed E-state index contributed by atoms with van der Waals surface area (Å²) in [5.74, 6) is 0. The molecule has 0 aromatic carbocycles. The molecule has 7 N–H and O–H groups in total. The zero-order chi connectivity index (χ0) is 16.2. The van der Waals surface area contributed by atoms with Crippen LogP contribution in [0.1, 0.15) is 30.5 Å². The topological polar surface area (TPSA) is 167 Å². The van der Waals surface area contributed by atoms with Gasteiger partial charge < -0.3 is 35.7 Å². The van der Waals surface area contributed by atoms with Crippen LogP contribution in [0.4, 0.5) is 0 Å². The van der Waals surface area contributed by atoms with E-state index in [1.165, 1.54) is 6.92 Å². The van der Waals surface area contributed by atoms with Gasteiger partial charge in [-0.05, 0) is 6.92 Å². The van der Waals surface area contributed by atoms with Crippen LogP contribution >= 0.6 is 0 Å². The number of aliphatic hydroxyl groups excluding tert-OH is 7. The number of aromatic nitrogens is 2. The molecule has 0 spiro atoms. The second-order valence-corrected chi connectivity index (χ2v) is 4.73. The van der Waals surface area contributed by atoms with Gasteiger partial charge in [0.1, 0.15) is 30.5 Å². The van der Waals surface area contributed by atoms with Gasteiger partial charge in [0.05, 0.1) is 36.5 Å². The molecule has 21 heavy (non-hydrogen) atoms. The first-order chi connectivity index (χ1) is 9.79. The van der Waals surface area contributed by atoms with Crippen molar-refractivity contribution in [2.75, 3.05) is 6.61 Å². The molecule has 0 amide bonds. The minimum absolute atomic E-state index is 0.0310. The highest BCUT2D eigenvalue weighted by Crippen LogP contribution is 2.20. The number of aliphatic hydroxyl groups is 7. The Kier molecular flexibility index (Phi) is 6.55. The molecule has 0 fully saturated rings. The van der Waals surface area contributed by atoms with E-state index in [-0.39, 0.29) is 11.4 Å². The predicted octanol–water partition coefficient (Wildman–Crippen LogP) is -3.00. The zero-order valence-electron chi connectivity index (χ0n) is 11.4. The molecule has 0 saturated heterocycles. The number of hydrogen-bond acceptors (Lipinski definition) is 9. The van der Waals surface area contributed by atoms with Gasteiger partial charge in [0, 0.05) is 0 Å². The number of hydrogen-bond donors (Lipinski definition) is 7. The summed E-state index contributed by atoms with van der Waals surface area (Å²) in [6.45, 7) is 0.565. The highest BCUT2D eigenvalue weighted by molar-refractivity contribution is 5.10. The van der Waals surface area contributed by atoms with E-state index in [1.807, 2.05) is 0 Å². The lowest BCUT2D eigenvalue weighted by Gasteiger charge is -2.22. The molecule has 0 saturated carbocycles. The maximum absolute atomic E-state index is 9.74. The third-order valence-electron chi connectivity index (χ3n) is 3.02. The second-order valence-electron chi connectivity index (χ2n) is 4.73. The van der Waals surface area contributed by atoms with Gasteiger partial charge in [-0.3, -0.25) is 9.97 Å². The fraction of sp³-hybridized carbons (Fsp3) is 0.667. The molecule has 0 aliphatic heterocycles. The minimum atomic E-state index is -1.65. The molecule has 9 nitrogen and oxygen atoms in total. The van der Waals surface area contributed by atoms with E-state index in [9.17, 15) is 30.6 Å². The van der Waals surface area contributed by atoms with Gasteiger partial charge in [-0.25, -0.2) is 0 Å². The summed E-state index contributed by atoms with van der Waals surface area (Å²) in [6, 6.07) is 0. The van der Waals surface area contributed by atoms with Crippen LogP contribution < -0.4 is 0 Å². The minimum Gasteiger partial charge on any atom is -0.394 e. The first-order valence-corrected chi connectivity index (χ1v) is 6.30. The van der Waals surface area contributed by atoms with Crippen LogP contribution in [0.5, 0.6) is 0 Å². The quantitative estimate of drug-likeness (QED) is 0.277. The molecule has 1 heterocycles. The predicted molar refractivity (Wildman–Crippen MR) is 68.7 cm³/mol. The average Bonchev–Trinajstić information content (AvgIpc) is 2.51. The molecule has 0 bridgehead atoms. The van der Waals surface area contributed by atoms with Gasteiger partial charge in [-0.2, -0.15) is 0 Å². The Morgan fingerprint density at radius 2 is 1.29 bits per heavy atom. The number of nitrogens with zero attached hydrogens (tertiary/aromatic N) is 2. The van der Waals surface area contributed by atoms with E-state index in [0.717, 1.165) is 12.4 Å². The van der Waals surface area contributed by atoms with Crippen molar-refractivity contribution in [3.8, 4) is 0 Å². The van der Waals surface area contributed by atoms with E-state index >= 15 is 0 Å². The van der Waals surface area contributed by atoms with Crippen LogP contribution in [0, 0.1) is 0 Å². The maximum Gasteiger partial charge on any atom is 0.126 e. The molecule has 9 heteroatoms. The lowest BCUT2D eigenvalue weighted by molar-refractivity contribution is -0.0792. The van der Waals surface area contributed by atoms with Gasteiger partial charge in [-0.1, -0.05) is 0 Å². The van der Waals surface area contributed by atoms with Crippen molar-refractivity contribution >= 4 is 0 Å². The molecule has 120 valence electrons. The van der Waals surface area contributed by atoms with E-state index in [2.05, 4.69) is 9.97 Å².